The fourth-order valence-corrected chi connectivity index (χ4v) is 3.29. The summed E-state index contributed by atoms with van der Waals surface area (Å²) in [6.45, 7) is 7.69. The average Bonchev–Trinajstić information content (AvgIpc) is 3.12. The van der Waals surface area contributed by atoms with E-state index in [1.54, 1.807) is 0 Å². The van der Waals surface area contributed by atoms with Crippen molar-refractivity contribution in [2.75, 3.05) is 13.1 Å². The molecule has 4 unspecified atom stereocenters. The number of amides is 3. The number of rotatable bonds is 10. The summed E-state index contributed by atoms with van der Waals surface area (Å²) in [6.07, 6.45) is 2.17. The fourth-order valence-electron chi connectivity index (χ4n) is 3.29. The van der Waals surface area contributed by atoms with Crippen LogP contribution in [0.5, 0.6) is 0 Å². The van der Waals surface area contributed by atoms with Gasteiger partial charge in [-0.3, -0.25) is 14.4 Å². The normalized spacial score (nSPS) is 19.8. The monoisotopic (exact) mass is 398 g/mol. The predicted molar refractivity (Wildman–Crippen MR) is 104 cm³/mol. The number of carbonyl (C=O) groups excluding carboxylic acids is 3. The van der Waals surface area contributed by atoms with E-state index in [1.165, 1.54) is 4.90 Å². The van der Waals surface area contributed by atoms with Crippen molar-refractivity contribution in [1.29, 1.82) is 0 Å². The minimum absolute atomic E-state index is 0.176. The summed E-state index contributed by atoms with van der Waals surface area (Å²) in [4.78, 5) is 49.9. The number of hydrogen-bond acceptors (Lipinski definition) is 5. The van der Waals surface area contributed by atoms with E-state index in [0.29, 0.717) is 32.2 Å². The van der Waals surface area contributed by atoms with Gasteiger partial charge in [0.05, 0.1) is 12.6 Å². The third-order valence-corrected chi connectivity index (χ3v) is 5.10. The molecule has 5 N–H and O–H groups in total. The van der Waals surface area contributed by atoms with Gasteiger partial charge in [0, 0.05) is 6.54 Å². The van der Waals surface area contributed by atoms with Crippen LogP contribution in [-0.2, 0) is 19.2 Å². The van der Waals surface area contributed by atoms with Crippen LogP contribution < -0.4 is 16.4 Å². The number of carboxylic acid groups (broad SMARTS) is 1. The Morgan fingerprint density at radius 1 is 1.21 bits per heavy atom. The first kappa shape index (κ1) is 23.9. The molecule has 9 nitrogen and oxygen atoms in total. The molecular formula is C19H34N4O5. The van der Waals surface area contributed by atoms with Crippen LogP contribution in [0.2, 0.25) is 0 Å². The molecule has 160 valence electrons. The second-order valence-electron chi connectivity index (χ2n) is 7.91. The molecule has 0 aromatic heterocycles. The van der Waals surface area contributed by atoms with Crippen molar-refractivity contribution in [2.24, 2.45) is 17.6 Å². The lowest BCUT2D eigenvalue weighted by Gasteiger charge is -2.30. The molecule has 9 heteroatoms. The lowest BCUT2D eigenvalue weighted by Crippen LogP contribution is -2.56. The van der Waals surface area contributed by atoms with Crippen LogP contribution >= 0.6 is 0 Å². The van der Waals surface area contributed by atoms with Crippen LogP contribution in [0, 0.1) is 11.8 Å². The predicted octanol–water partition coefficient (Wildman–Crippen LogP) is 0.0825. The summed E-state index contributed by atoms with van der Waals surface area (Å²) < 4.78 is 0. The highest BCUT2D eigenvalue weighted by Crippen LogP contribution is 2.21. The van der Waals surface area contributed by atoms with Crippen LogP contribution in [0.4, 0.5) is 0 Å². The molecule has 1 fully saturated rings. The molecule has 1 saturated heterocycles. The van der Waals surface area contributed by atoms with Crippen LogP contribution in [-0.4, -0.2) is 64.9 Å². The van der Waals surface area contributed by atoms with Crippen molar-refractivity contribution in [3.63, 3.8) is 0 Å². The molecule has 0 aliphatic carbocycles. The highest BCUT2D eigenvalue weighted by molar-refractivity contribution is 5.93. The molecule has 3 amide bonds. The maximum Gasteiger partial charge on any atom is 0.326 e. The average molecular weight is 399 g/mol. The zero-order chi connectivity index (χ0) is 21.4. The van der Waals surface area contributed by atoms with Crippen molar-refractivity contribution in [3.8, 4) is 0 Å². The van der Waals surface area contributed by atoms with Crippen LogP contribution in [0.3, 0.4) is 0 Å². The summed E-state index contributed by atoms with van der Waals surface area (Å²) in [5, 5.41) is 14.5. The smallest absolute Gasteiger partial charge is 0.326 e. The van der Waals surface area contributed by atoms with Gasteiger partial charge in [0.1, 0.15) is 12.1 Å². The molecule has 0 bridgehead atoms. The molecular weight excluding hydrogens is 364 g/mol. The molecule has 1 aliphatic rings. The summed E-state index contributed by atoms with van der Waals surface area (Å²) in [5.41, 5.74) is 5.79. The first-order valence-corrected chi connectivity index (χ1v) is 9.94. The second-order valence-corrected chi connectivity index (χ2v) is 7.91. The number of likely N-dealkylation sites (tertiary alicyclic amines) is 1. The Balaban J connectivity index is 2.70. The van der Waals surface area contributed by atoms with Gasteiger partial charge in [-0.05, 0) is 31.1 Å². The number of hydrogen-bond donors (Lipinski definition) is 4. The van der Waals surface area contributed by atoms with E-state index in [1.807, 2.05) is 27.7 Å². The lowest BCUT2D eigenvalue weighted by molar-refractivity contribution is -0.150. The largest absolute Gasteiger partial charge is 0.480 e. The van der Waals surface area contributed by atoms with E-state index in [-0.39, 0.29) is 18.4 Å². The molecule has 1 aliphatic heterocycles. The van der Waals surface area contributed by atoms with Gasteiger partial charge in [-0.2, -0.15) is 0 Å². The van der Waals surface area contributed by atoms with E-state index >= 15 is 0 Å². The summed E-state index contributed by atoms with van der Waals surface area (Å²) in [7, 11) is 0. The van der Waals surface area contributed by atoms with E-state index in [4.69, 9.17) is 5.73 Å². The Morgan fingerprint density at radius 2 is 1.86 bits per heavy atom. The molecule has 0 aromatic carbocycles. The third kappa shape index (κ3) is 6.78. The number of carbonyl (C=O) groups is 4. The zero-order valence-electron chi connectivity index (χ0n) is 17.2. The number of carboxylic acids is 1. The summed E-state index contributed by atoms with van der Waals surface area (Å²) >= 11 is 0. The molecule has 1 heterocycles. The topological polar surface area (TPSA) is 142 Å². The van der Waals surface area contributed by atoms with Gasteiger partial charge in [-0.1, -0.05) is 34.1 Å². The van der Waals surface area contributed by atoms with E-state index in [0.717, 1.165) is 0 Å². The maximum atomic E-state index is 12.9. The Kier molecular flexibility index (Phi) is 9.37. The van der Waals surface area contributed by atoms with Gasteiger partial charge < -0.3 is 26.4 Å². The van der Waals surface area contributed by atoms with Crippen LogP contribution in [0.15, 0.2) is 0 Å². The van der Waals surface area contributed by atoms with Crippen molar-refractivity contribution in [1.82, 2.24) is 15.5 Å². The highest BCUT2D eigenvalue weighted by Gasteiger charge is 2.39. The Hall–Kier alpha value is -2.16. The molecule has 0 saturated carbocycles. The van der Waals surface area contributed by atoms with Crippen molar-refractivity contribution < 1.29 is 24.3 Å². The van der Waals surface area contributed by atoms with Gasteiger partial charge in [0.2, 0.25) is 17.7 Å². The summed E-state index contributed by atoms with van der Waals surface area (Å²) in [5.74, 6) is -2.27. The third-order valence-electron chi connectivity index (χ3n) is 5.10. The van der Waals surface area contributed by atoms with E-state index in [9.17, 15) is 24.3 Å². The van der Waals surface area contributed by atoms with Crippen molar-refractivity contribution in [3.05, 3.63) is 0 Å². The summed E-state index contributed by atoms with van der Waals surface area (Å²) in [6, 6.07) is -2.39. The SMILES string of the molecule is CCC(C)C(NC(=O)CNC(=O)C(N)CC(C)C)C(=O)N1CCCC1C(=O)O. The number of nitrogens with zero attached hydrogens (tertiary/aromatic N) is 1. The van der Waals surface area contributed by atoms with E-state index < -0.39 is 41.8 Å². The molecule has 0 aromatic rings. The van der Waals surface area contributed by atoms with Crippen molar-refractivity contribution >= 4 is 23.7 Å². The van der Waals surface area contributed by atoms with Crippen LogP contribution in [0.1, 0.15) is 53.4 Å². The second kappa shape index (κ2) is 11.0. The van der Waals surface area contributed by atoms with Gasteiger partial charge in [-0.15, -0.1) is 0 Å². The molecule has 0 radical (unpaired) electrons. The van der Waals surface area contributed by atoms with E-state index in [2.05, 4.69) is 10.6 Å². The first-order chi connectivity index (χ1) is 13.1. The standard InChI is InChI=1S/C19H34N4O5/c1-5-12(4)16(18(26)23-8-6-7-14(23)19(27)28)22-15(24)10-21-17(25)13(20)9-11(2)3/h11-14,16H,5-10,20H2,1-4H3,(H,21,25)(H,22,24)(H,27,28). The number of nitrogens with two attached hydrogens (primary N) is 1. The minimum atomic E-state index is -1.04. The lowest BCUT2D eigenvalue weighted by atomic mass is 9.97. The Morgan fingerprint density at radius 3 is 2.39 bits per heavy atom. The van der Waals surface area contributed by atoms with Gasteiger partial charge in [-0.25, -0.2) is 4.79 Å². The molecule has 0 spiro atoms. The van der Waals surface area contributed by atoms with Gasteiger partial charge >= 0.3 is 5.97 Å². The maximum absolute atomic E-state index is 12.9. The molecule has 4 atom stereocenters. The molecule has 1 rings (SSSR count). The van der Waals surface area contributed by atoms with Crippen LogP contribution in [0.25, 0.3) is 0 Å². The first-order valence-electron chi connectivity index (χ1n) is 9.94. The van der Waals surface area contributed by atoms with Crippen molar-refractivity contribution in [2.45, 2.75) is 71.5 Å². The number of nitrogens with one attached hydrogen (secondary N) is 2. The quantitative estimate of drug-likeness (QED) is 0.411. The molecule has 28 heavy (non-hydrogen) atoms. The Bertz CT molecular complexity index is 581. The van der Waals surface area contributed by atoms with Gasteiger partial charge in [0.15, 0.2) is 0 Å². The Labute approximate surface area is 166 Å². The number of aliphatic carboxylic acids is 1. The zero-order valence-corrected chi connectivity index (χ0v) is 17.2. The fraction of sp³-hybridized carbons (Fsp3) is 0.789. The minimum Gasteiger partial charge on any atom is -0.480 e. The van der Waals surface area contributed by atoms with Gasteiger partial charge in [0.25, 0.3) is 0 Å². The highest BCUT2D eigenvalue weighted by atomic mass is 16.4.